The van der Waals surface area contributed by atoms with Crippen molar-refractivity contribution in [2.24, 2.45) is 0 Å². The number of aromatic hydroxyl groups is 1. The summed E-state index contributed by atoms with van der Waals surface area (Å²) in [6.45, 7) is 1.84. The monoisotopic (exact) mass is 232 g/mol. The summed E-state index contributed by atoms with van der Waals surface area (Å²) in [5.41, 5.74) is 0.835. The van der Waals surface area contributed by atoms with Crippen LogP contribution in [0.25, 0.3) is 0 Å². The quantitative estimate of drug-likeness (QED) is 0.864. The fourth-order valence-electron chi connectivity index (χ4n) is 1.51. The molecule has 0 heterocycles. The lowest BCUT2D eigenvalue weighted by Crippen LogP contribution is -1.95. The van der Waals surface area contributed by atoms with Gasteiger partial charge in [0.05, 0.1) is 10.8 Å². The molecule has 0 fully saturated rings. The van der Waals surface area contributed by atoms with Gasteiger partial charge in [0.25, 0.3) is 0 Å². The molecule has 0 aliphatic carbocycles. The highest BCUT2D eigenvalue weighted by Crippen LogP contribution is 2.22. The topological polar surface area (TPSA) is 37.3 Å². The highest BCUT2D eigenvalue weighted by atomic mass is 32.2. The minimum atomic E-state index is -1.18. The van der Waals surface area contributed by atoms with Crippen molar-refractivity contribution in [3.05, 3.63) is 54.1 Å². The largest absolute Gasteiger partial charge is 0.508 e. The molecule has 0 spiro atoms. The van der Waals surface area contributed by atoms with Crippen LogP contribution in [-0.4, -0.2) is 9.32 Å². The van der Waals surface area contributed by atoms with Gasteiger partial charge in [-0.1, -0.05) is 18.2 Å². The van der Waals surface area contributed by atoms with Crippen molar-refractivity contribution in [2.75, 3.05) is 0 Å². The lowest BCUT2D eigenvalue weighted by Gasteiger charge is -2.06. The molecule has 1 atom stereocenters. The van der Waals surface area contributed by atoms with Crippen molar-refractivity contribution < 1.29 is 9.32 Å². The van der Waals surface area contributed by atoms with E-state index in [4.69, 9.17) is 0 Å². The van der Waals surface area contributed by atoms with Crippen LogP contribution in [0.4, 0.5) is 0 Å². The summed E-state index contributed by atoms with van der Waals surface area (Å²) in [4.78, 5) is 1.51. The van der Waals surface area contributed by atoms with Gasteiger partial charge in [-0.05, 0) is 42.8 Å². The molecule has 0 amide bonds. The van der Waals surface area contributed by atoms with E-state index in [1.165, 1.54) is 0 Å². The number of benzene rings is 2. The molecule has 0 saturated carbocycles. The van der Waals surface area contributed by atoms with E-state index in [1.807, 2.05) is 37.3 Å². The Morgan fingerprint density at radius 2 is 1.75 bits per heavy atom. The molecule has 0 bridgehead atoms. The predicted molar refractivity (Wildman–Crippen MR) is 64.0 cm³/mol. The zero-order valence-corrected chi connectivity index (χ0v) is 9.70. The number of aryl methyl sites for hydroxylation is 1. The van der Waals surface area contributed by atoms with E-state index in [1.54, 1.807) is 18.2 Å². The summed E-state index contributed by atoms with van der Waals surface area (Å²) in [6.07, 6.45) is 0. The first kappa shape index (κ1) is 10.9. The summed E-state index contributed by atoms with van der Waals surface area (Å²) in [7, 11) is -1.18. The van der Waals surface area contributed by atoms with Crippen molar-refractivity contribution in [2.45, 2.75) is 16.7 Å². The maximum absolute atomic E-state index is 12.2. The number of phenols is 1. The molecular weight excluding hydrogens is 220 g/mol. The number of phenolic OH excluding ortho intramolecular Hbond substituents is 1. The molecule has 2 aromatic rings. The van der Waals surface area contributed by atoms with Crippen LogP contribution in [0.5, 0.6) is 5.75 Å². The number of hydrogen-bond donors (Lipinski definition) is 1. The maximum atomic E-state index is 12.2. The zero-order valence-electron chi connectivity index (χ0n) is 8.88. The first-order chi connectivity index (χ1) is 7.68. The zero-order chi connectivity index (χ0) is 11.5. The number of hydrogen-bond acceptors (Lipinski definition) is 2. The normalized spacial score (nSPS) is 12.3. The molecule has 82 valence electrons. The average molecular weight is 232 g/mol. The van der Waals surface area contributed by atoms with Gasteiger partial charge >= 0.3 is 0 Å². The molecule has 1 N–H and O–H groups in total. The molecule has 16 heavy (non-hydrogen) atoms. The Kier molecular flexibility index (Phi) is 3.06. The van der Waals surface area contributed by atoms with E-state index >= 15 is 0 Å². The van der Waals surface area contributed by atoms with E-state index in [2.05, 4.69) is 0 Å². The first-order valence-corrected chi connectivity index (χ1v) is 6.10. The molecule has 0 aromatic heterocycles. The third-order valence-corrected chi connectivity index (χ3v) is 3.87. The second kappa shape index (κ2) is 4.49. The van der Waals surface area contributed by atoms with E-state index in [0.29, 0.717) is 0 Å². The lowest BCUT2D eigenvalue weighted by molar-refractivity contribution is 0.474. The second-order valence-electron chi connectivity index (χ2n) is 3.53. The second-order valence-corrected chi connectivity index (χ2v) is 4.98. The van der Waals surface area contributed by atoms with Gasteiger partial charge in [0.1, 0.15) is 5.75 Å². The highest BCUT2D eigenvalue weighted by molar-refractivity contribution is 7.85. The van der Waals surface area contributed by atoms with Crippen molar-refractivity contribution in [1.82, 2.24) is 0 Å². The SMILES string of the molecule is Cc1cc(O)ccc1S(=O)c1ccccc1. The van der Waals surface area contributed by atoms with E-state index < -0.39 is 10.8 Å². The number of rotatable bonds is 2. The Bertz CT molecular complexity index is 521. The van der Waals surface area contributed by atoms with Crippen molar-refractivity contribution in [1.29, 1.82) is 0 Å². The van der Waals surface area contributed by atoms with Gasteiger partial charge in [-0.15, -0.1) is 0 Å². The van der Waals surface area contributed by atoms with Crippen LogP contribution in [-0.2, 0) is 10.8 Å². The fraction of sp³-hybridized carbons (Fsp3) is 0.0769. The van der Waals surface area contributed by atoms with Crippen molar-refractivity contribution in [3.63, 3.8) is 0 Å². The van der Waals surface area contributed by atoms with Crippen LogP contribution in [0.3, 0.4) is 0 Å². The molecule has 0 radical (unpaired) electrons. The third-order valence-electron chi connectivity index (χ3n) is 2.32. The molecule has 2 aromatic carbocycles. The van der Waals surface area contributed by atoms with Crippen molar-refractivity contribution in [3.8, 4) is 5.75 Å². The van der Waals surface area contributed by atoms with Gasteiger partial charge in [-0.25, -0.2) is 4.21 Å². The Hall–Kier alpha value is -1.61. The van der Waals surface area contributed by atoms with Crippen LogP contribution in [0.1, 0.15) is 5.56 Å². The maximum Gasteiger partial charge on any atom is 0.115 e. The minimum Gasteiger partial charge on any atom is -0.508 e. The molecule has 0 aliphatic heterocycles. The van der Waals surface area contributed by atoms with Crippen molar-refractivity contribution >= 4 is 10.8 Å². The third kappa shape index (κ3) is 2.14. The summed E-state index contributed by atoms with van der Waals surface area (Å²) in [5.74, 6) is 0.200. The first-order valence-electron chi connectivity index (χ1n) is 4.95. The molecular formula is C13H12O2S. The van der Waals surface area contributed by atoms with Gasteiger partial charge < -0.3 is 5.11 Å². The molecule has 2 rings (SSSR count). The summed E-state index contributed by atoms with van der Waals surface area (Å²) in [6, 6.07) is 14.2. The van der Waals surface area contributed by atoms with Crippen LogP contribution >= 0.6 is 0 Å². The molecule has 2 nitrogen and oxygen atoms in total. The van der Waals surface area contributed by atoms with E-state index in [0.717, 1.165) is 15.4 Å². The minimum absolute atomic E-state index is 0.200. The predicted octanol–water partition coefficient (Wildman–Crippen LogP) is 2.87. The van der Waals surface area contributed by atoms with Crippen LogP contribution in [0.2, 0.25) is 0 Å². The average Bonchev–Trinajstić information content (AvgIpc) is 2.29. The van der Waals surface area contributed by atoms with Crippen LogP contribution in [0.15, 0.2) is 58.3 Å². The smallest absolute Gasteiger partial charge is 0.115 e. The van der Waals surface area contributed by atoms with E-state index in [-0.39, 0.29) is 5.75 Å². The Morgan fingerprint density at radius 3 is 2.38 bits per heavy atom. The van der Waals surface area contributed by atoms with Gasteiger partial charge in [-0.2, -0.15) is 0 Å². The van der Waals surface area contributed by atoms with Crippen LogP contribution in [0, 0.1) is 6.92 Å². The summed E-state index contributed by atoms with van der Waals surface area (Å²) in [5, 5.41) is 9.29. The van der Waals surface area contributed by atoms with Gasteiger partial charge in [-0.3, -0.25) is 0 Å². The Balaban J connectivity index is 2.42. The highest BCUT2D eigenvalue weighted by Gasteiger charge is 2.09. The summed E-state index contributed by atoms with van der Waals surface area (Å²) >= 11 is 0. The molecule has 3 heteroatoms. The summed E-state index contributed by atoms with van der Waals surface area (Å²) < 4.78 is 12.2. The van der Waals surface area contributed by atoms with Crippen LogP contribution < -0.4 is 0 Å². The van der Waals surface area contributed by atoms with E-state index in [9.17, 15) is 9.32 Å². The van der Waals surface area contributed by atoms with Gasteiger partial charge in [0.15, 0.2) is 0 Å². The fourth-order valence-corrected chi connectivity index (χ4v) is 2.71. The Morgan fingerprint density at radius 1 is 1.06 bits per heavy atom. The molecule has 0 saturated heterocycles. The molecule has 1 unspecified atom stereocenters. The van der Waals surface area contributed by atoms with Gasteiger partial charge in [0.2, 0.25) is 0 Å². The molecule has 0 aliphatic rings. The standard InChI is InChI=1S/C13H12O2S/c1-10-9-11(14)7-8-13(10)16(15)12-5-3-2-4-6-12/h2-9,14H,1H3. The Labute approximate surface area is 97.0 Å². The lowest BCUT2D eigenvalue weighted by atomic mass is 10.2. The van der Waals surface area contributed by atoms with Gasteiger partial charge in [0, 0.05) is 9.79 Å².